The molecule has 0 aliphatic heterocycles. The van der Waals surface area contributed by atoms with Gasteiger partial charge in [0.15, 0.2) is 11.8 Å². The fraction of sp³-hybridized carbons (Fsp3) is 0.120. The molecule has 0 unspecified atom stereocenters. The van der Waals surface area contributed by atoms with Gasteiger partial charge in [0.25, 0.3) is 0 Å². The molecule has 4 aromatic rings. The summed E-state index contributed by atoms with van der Waals surface area (Å²) in [4.78, 5) is 4.35. The molecule has 0 radical (unpaired) electrons. The SMILES string of the molecule is C/N=C(/NCc1ccccc1)Nc1nn(-c2ccc(Cl)cc2Cl)c(-c2ccc(Cl)cc2)c1C. The third-order valence-electron chi connectivity index (χ3n) is 5.14. The minimum Gasteiger partial charge on any atom is -0.352 e. The van der Waals surface area contributed by atoms with Crippen LogP contribution in [0.15, 0.2) is 77.8 Å². The largest absolute Gasteiger partial charge is 0.352 e. The van der Waals surface area contributed by atoms with Gasteiger partial charge in [0, 0.05) is 34.8 Å². The molecule has 0 amide bonds. The zero-order valence-corrected chi connectivity index (χ0v) is 20.4. The Morgan fingerprint density at radius 2 is 1.64 bits per heavy atom. The summed E-state index contributed by atoms with van der Waals surface area (Å²) in [6, 6.07) is 23.1. The second-order valence-electron chi connectivity index (χ2n) is 7.37. The van der Waals surface area contributed by atoms with Gasteiger partial charge in [-0.15, -0.1) is 5.10 Å². The second kappa shape index (κ2) is 10.3. The van der Waals surface area contributed by atoms with Gasteiger partial charge in [0.2, 0.25) is 0 Å². The molecule has 1 heterocycles. The molecule has 4 rings (SSSR count). The monoisotopic (exact) mass is 497 g/mol. The lowest BCUT2D eigenvalue weighted by Crippen LogP contribution is -2.30. The Balaban J connectivity index is 1.72. The van der Waals surface area contributed by atoms with E-state index in [0.717, 1.165) is 28.1 Å². The Bertz CT molecular complexity index is 1280. The highest BCUT2D eigenvalue weighted by Gasteiger charge is 2.20. The summed E-state index contributed by atoms with van der Waals surface area (Å²) >= 11 is 18.8. The Labute approximate surface area is 208 Å². The molecule has 0 saturated carbocycles. The first kappa shape index (κ1) is 23.2. The number of nitrogens with one attached hydrogen (secondary N) is 2. The number of nitrogens with zero attached hydrogens (tertiary/aromatic N) is 3. The van der Waals surface area contributed by atoms with Crippen molar-refractivity contribution in [3.63, 3.8) is 0 Å². The fourth-order valence-electron chi connectivity index (χ4n) is 3.46. The van der Waals surface area contributed by atoms with E-state index < -0.39 is 0 Å². The molecular formula is C25H22Cl3N5. The van der Waals surface area contributed by atoms with Crippen LogP contribution in [-0.2, 0) is 6.54 Å². The smallest absolute Gasteiger partial charge is 0.197 e. The molecule has 0 spiro atoms. The molecule has 5 nitrogen and oxygen atoms in total. The molecule has 2 N–H and O–H groups in total. The van der Waals surface area contributed by atoms with Crippen LogP contribution in [0.3, 0.4) is 0 Å². The van der Waals surface area contributed by atoms with Gasteiger partial charge in [-0.05, 0) is 42.8 Å². The maximum Gasteiger partial charge on any atom is 0.197 e. The van der Waals surface area contributed by atoms with Crippen molar-refractivity contribution in [2.45, 2.75) is 13.5 Å². The molecule has 8 heteroatoms. The molecule has 0 fully saturated rings. The quantitative estimate of drug-likeness (QED) is 0.230. The van der Waals surface area contributed by atoms with E-state index in [4.69, 9.17) is 39.9 Å². The van der Waals surface area contributed by atoms with Crippen LogP contribution in [0.25, 0.3) is 16.9 Å². The fourth-order valence-corrected chi connectivity index (χ4v) is 4.08. The maximum atomic E-state index is 6.54. The summed E-state index contributed by atoms with van der Waals surface area (Å²) in [5.74, 6) is 1.27. The third kappa shape index (κ3) is 5.33. The van der Waals surface area contributed by atoms with Gasteiger partial charge in [-0.1, -0.05) is 77.3 Å². The zero-order valence-electron chi connectivity index (χ0n) is 18.1. The van der Waals surface area contributed by atoms with Gasteiger partial charge in [-0.2, -0.15) is 0 Å². The lowest BCUT2D eigenvalue weighted by molar-refractivity contribution is 0.883. The lowest BCUT2D eigenvalue weighted by Gasteiger charge is -2.11. The first-order valence-electron chi connectivity index (χ1n) is 10.3. The third-order valence-corrected chi connectivity index (χ3v) is 5.93. The number of benzene rings is 3. The zero-order chi connectivity index (χ0) is 23.4. The van der Waals surface area contributed by atoms with Crippen LogP contribution in [0, 0.1) is 6.92 Å². The predicted octanol–water partition coefficient (Wildman–Crippen LogP) is 7.00. The van der Waals surface area contributed by atoms with Crippen LogP contribution >= 0.6 is 34.8 Å². The van der Waals surface area contributed by atoms with Crippen molar-refractivity contribution in [3.8, 4) is 16.9 Å². The van der Waals surface area contributed by atoms with E-state index in [2.05, 4.69) is 27.8 Å². The summed E-state index contributed by atoms with van der Waals surface area (Å²) in [5.41, 5.74) is 4.64. The average Bonchev–Trinajstić information content (AvgIpc) is 3.13. The van der Waals surface area contributed by atoms with E-state index in [9.17, 15) is 0 Å². The molecular weight excluding hydrogens is 477 g/mol. The number of rotatable bonds is 5. The van der Waals surface area contributed by atoms with E-state index in [1.165, 1.54) is 0 Å². The first-order valence-corrected chi connectivity index (χ1v) is 11.4. The predicted molar refractivity (Wildman–Crippen MR) is 139 cm³/mol. The molecule has 1 aromatic heterocycles. The van der Waals surface area contributed by atoms with E-state index in [1.807, 2.05) is 60.1 Å². The van der Waals surface area contributed by atoms with Gasteiger partial charge >= 0.3 is 0 Å². The van der Waals surface area contributed by atoms with Gasteiger partial charge in [0.05, 0.1) is 16.4 Å². The highest BCUT2D eigenvalue weighted by molar-refractivity contribution is 6.35. The average molecular weight is 499 g/mol. The summed E-state index contributed by atoms with van der Waals surface area (Å²) < 4.78 is 1.81. The van der Waals surface area contributed by atoms with E-state index in [1.54, 1.807) is 19.2 Å². The molecule has 3 aromatic carbocycles. The van der Waals surface area contributed by atoms with Gasteiger partial charge in [-0.25, -0.2) is 4.68 Å². The minimum absolute atomic E-state index is 0.498. The van der Waals surface area contributed by atoms with Gasteiger partial charge in [0.1, 0.15) is 0 Å². The Kier molecular flexibility index (Phi) is 7.23. The molecule has 0 aliphatic carbocycles. The normalized spacial score (nSPS) is 11.5. The number of aliphatic imine (C=N–C) groups is 1. The second-order valence-corrected chi connectivity index (χ2v) is 8.65. The standard InChI is InChI=1S/C25H22Cl3N5/c1-16-23(18-8-10-19(26)11-9-18)33(22-13-12-20(27)14-21(22)28)32-24(16)31-25(29-2)30-15-17-6-4-3-5-7-17/h3-14H,15H2,1-2H3,(H2,29,30,31,32). The molecule has 0 aliphatic rings. The van der Waals surface area contributed by atoms with E-state index in [0.29, 0.717) is 33.4 Å². The first-order chi connectivity index (χ1) is 16.0. The van der Waals surface area contributed by atoms with Crippen LogP contribution in [0.5, 0.6) is 0 Å². The van der Waals surface area contributed by atoms with Crippen LogP contribution in [0.1, 0.15) is 11.1 Å². The van der Waals surface area contributed by atoms with Gasteiger partial charge < -0.3 is 10.6 Å². The molecule has 168 valence electrons. The van der Waals surface area contributed by atoms with Crippen molar-refractivity contribution in [3.05, 3.63) is 99.0 Å². The number of aromatic nitrogens is 2. The van der Waals surface area contributed by atoms with Crippen LogP contribution in [0.2, 0.25) is 15.1 Å². The number of guanidine groups is 1. The van der Waals surface area contributed by atoms with Crippen molar-refractivity contribution in [2.75, 3.05) is 12.4 Å². The number of hydrogen-bond acceptors (Lipinski definition) is 2. The number of halogens is 3. The van der Waals surface area contributed by atoms with Crippen LogP contribution in [0.4, 0.5) is 5.82 Å². The number of hydrogen-bond donors (Lipinski definition) is 2. The summed E-state index contributed by atoms with van der Waals surface area (Å²) in [6.45, 7) is 2.64. The molecule has 0 bridgehead atoms. The summed E-state index contributed by atoms with van der Waals surface area (Å²) in [6.07, 6.45) is 0. The Hall–Kier alpha value is -2.99. The van der Waals surface area contributed by atoms with E-state index >= 15 is 0 Å². The van der Waals surface area contributed by atoms with Gasteiger partial charge in [-0.3, -0.25) is 4.99 Å². The van der Waals surface area contributed by atoms with Crippen molar-refractivity contribution < 1.29 is 0 Å². The topological polar surface area (TPSA) is 54.2 Å². The molecule has 0 atom stereocenters. The maximum absolute atomic E-state index is 6.54. The van der Waals surface area contributed by atoms with Crippen molar-refractivity contribution in [1.82, 2.24) is 15.1 Å². The number of anilines is 1. The molecule has 33 heavy (non-hydrogen) atoms. The molecule has 0 saturated heterocycles. The Morgan fingerprint density at radius 1 is 0.939 bits per heavy atom. The highest BCUT2D eigenvalue weighted by Crippen LogP contribution is 2.34. The highest BCUT2D eigenvalue weighted by atomic mass is 35.5. The summed E-state index contributed by atoms with van der Waals surface area (Å²) in [5, 5.41) is 13.2. The Morgan fingerprint density at radius 3 is 2.30 bits per heavy atom. The minimum atomic E-state index is 0.498. The summed E-state index contributed by atoms with van der Waals surface area (Å²) in [7, 11) is 1.73. The van der Waals surface area contributed by atoms with Crippen LogP contribution in [-0.4, -0.2) is 22.8 Å². The van der Waals surface area contributed by atoms with Crippen LogP contribution < -0.4 is 10.6 Å². The van der Waals surface area contributed by atoms with E-state index in [-0.39, 0.29) is 0 Å². The lowest BCUT2D eigenvalue weighted by atomic mass is 10.1. The van der Waals surface area contributed by atoms with Crippen molar-refractivity contribution in [2.24, 2.45) is 4.99 Å². The van der Waals surface area contributed by atoms with Crippen molar-refractivity contribution in [1.29, 1.82) is 0 Å². The van der Waals surface area contributed by atoms with Crippen molar-refractivity contribution >= 4 is 46.6 Å².